The highest BCUT2D eigenvalue weighted by Gasteiger charge is 2.28. The van der Waals surface area contributed by atoms with Gasteiger partial charge in [-0.15, -0.1) is 0 Å². The van der Waals surface area contributed by atoms with E-state index in [-0.39, 0.29) is 0 Å². The maximum absolute atomic E-state index is 2.41. The van der Waals surface area contributed by atoms with E-state index in [1.54, 1.807) is 5.56 Å². The number of aryl methyl sites for hydroxylation is 1. The van der Waals surface area contributed by atoms with Crippen LogP contribution in [-0.4, -0.2) is 0 Å². The lowest BCUT2D eigenvalue weighted by Gasteiger charge is -2.36. The molecule has 0 saturated heterocycles. The average molecular weight is 347 g/mol. The highest BCUT2D eigenvalue weighted by atomic mass is 14.3. The molecular formula is C26H34. The van der Waals surface area contributed by atoms with Gasteiger partial charge in [0, 0.05) is 0 Å². The lowest BCUT2D eigenvalue weighted by molar-refractivity contribution is 0.186. The molecule has 2 aliphatic rings. The van der Waals surface area contributed by atoms with E-state index < -0.39 is 0 Å². The number of benzene rings is 2. The van der Waals surface area contributed by atoms with Crippen molar-refractivity contribution in [3.05, 3.63) is 70.8 Å². The minimum atomic E-state index is 0.809. The lowest BCUT2D eigenvalue weighted by Crippen LogP contribution is -2.23. The molecule has 0 N–H and O–H groups in total. The summed E-state index contributed by atoms with van der Waals surface area (Å²) >= 11 is 0. The van der Waals surface area contributed by atoms with Gasteiger partial charge in [0.05, 0.1) is 0 Å². The van der Waals surface area contributed by atoms with E-state index in [1.807, 2.05) is 0 Å². The van der Waals surface area contributed by atoms with Gasteiger partial charge in [0.15, 0.2) is 0 Å². The lowest BCUT2D eigenvalue weighted by atomic mass is 9.70. The molecule has 4 rings (SSSR count). The predicted molar refractivity (Wildman–Crippen MR) is 112 cm³/mol. The van der Waals surface area contributed by atoms with Crippen LogP contribution in [0.25, 0.3) is 0 Å². The number of hydrogen-bond acceptors (Lipinski definition) is 0. The fourth-order valence-electron chi connectivity index (χ4n) is 5.38. The van der Waals surface area contributed by atoms with Gasteiger partial charge >= 0.3 is 0 Å². The van der Waals surface area contributed by atoms with E-state index in [9.17, 15) is 0 Å². The molecule has 0 bridgehead atoms. The van der Waals surface area contributed by atoms with E-state index in [0.717, 1.165) is 24.2 Å². The van der Waals surface area contributed by atoms with Crippen LogP contribution >= 0.6 is 0 Å². The zero-order valence-electron chi connectivity index (χ0n) is 16.4. The zero-order valence-corrected chi connectivity index (χ0v) is 16.4. The van der Waals surface area contributed by atoms with Crippen LogP contribution in [0.2, 0.25) is 0 Å². The smallest absolute Gasteiger partial charge is 0.00258 e. The van der Waals surface area contributed by atoms with E-state index in [1.165, 1.54) is 74.5 Å². The van der Waals surface area contributed by atoms with Crippen LogP contribution in [0.15, 0.2) is 48.5 Å². The average Bonchev–Trinajstić information content (AvgIpc) is 2.71. The molecule has 0 spiro atoms. The van der Waals surface area contributed by atoms with Gasteiger partial charge in [-0.05, 0) is 73.5 Å². The summed E-state index contributed by atoms with van der Waals surface area (Å²) in [6.45, 7) is 2.15. The van der Waals surface area contributed by atoms with E-state index in [2.05, 4.69) is 55.5 Å². The Balaban J connectivity index is 1.32. The van der Waals surface area contributed by atoms with Crippen molar-refractivity contribution < 1.29 is 0 Å². The zero-order chi connectivity index (χ0) is 17.8. The monoisotopic (exact) mass is 346 g/mol. The molecule has 0 heterocycles. The first kappa shape index (κ1) is 17.8. The second-order valence-corrected chi connectivity index (χ2v) is 8.91. The Morgan fingerprint density at radius 1 is 0.615 bits per heavy atom. The molecular weight excluding hydrogens is 312 g/mol. The molecule has 2 aliphatic carbocycles. The maximum Gasteiger partial charge on any atom is -0.00258 e. The summed E-state index contributed by atoms with van der Waals surface area (Å²) in [5, 5.41) is 0. The predicted octanol–water partition coefficient (Wildman–Crippen LogP) is 7.44. The summed E-state index contributed by atoms with van der Waals surface area (Å²) < 4.78 is 0. The summed E-state index contributed by atoms with van der Waals surface area (Å²) in [4.78, 5) is 0. The van der Waals surface area contributed by atoms with E-state index in [0.29, 0.717) is 0 Å². The van der Waals surface area contributed by atoms with Crippen LogP contribution in [0.4, 0.5) is 0 Å². The van der Waals surface area contributed by atoms with Crippen LogP contribution in [0.1, 0.15) is 86.0 Å². The number of rotatable bonds is 4. The minimum absolute atomic E-state index is 0.809. The molecule has 0 radical (unpaired) electrons. The quantitative estimate of drug-likeness (QED) is 0.539. The fourth-order valence-corrected chi connectivity index (χ4v) is 5.38. The van der Waals surface area contributed by atoms with Crippen molar-refractivity contribution in [2.45, 2.75) is 77.0 Å². The van der Waals surface area contributed by atoms with Crippen molar-refractivity contribution in [1.82, 2.24) is 0 Å². The SMILES string of the molecule is Cc1ccc(Cc2ccc(C3CCC(C4CCCCC4)CC3)cc2)cc1. The van der Waals surface area contributed by atoms with Gasteiger partial charge in [-0.3, -0.25) is 0 Å². The largest absolute Gasteiger partial charge is 0.0590 e. The van der Waals surface area contributed by atoms with Gasteiger partial charge in [-0.1, -0.05) is 86.2 Å². The Hall–Kier alpha value is -1.56. The summed E-state index contributed by atoms with van der Waals surface area (Å²) in [7, 11) is 0. The second-order valence-electron chi connectivity index (χ2n) is 8.91. The second kappa shape index (κ2) is 8.42. The topological polar surface area (TPSA) is 0 Å². The van der Waals surface area contributed by atoms with Crippen molar-refractivity contribution in [2.24, 2.45) is 11.8 Å². The summed E-state index contributed by atoms with van der Waals surface area (Å²) in [5.74, 6) is 2.90. The molecule has 0 nitrogen and oxygen atoms in total. The molecule has 26 heavy (non-hydrogen) atoms. The van der Waals surface area contributed by atoms with E-state index >= 15 is 0 Å². The molecule has 2 saturated carbocycles. The normalized spacial score (nSPS) is 24.5. The molecule has 0 amide bonds. The van der Waals surface area contributed by atoms with Gasteiger partial charge in [-0.2, -0.15) is 0 Å². The molecule has 2 fully saturated rings. The molecule has 0 aliphatic heterocycles. The Morgan fingerprint density at radius 3 is 1.77 bits per heavy atom. The minimum Gasteiger partial charge on any atom is -0.0590 e. The molecule has 0 aromatic heterocycles. The van der Waals surface area contributed by atoms with Gasteiger partial charge < -0.3 is 0 Å². The van der Waals surface area contributed by atoms with Gasteiger partial charge in [-0.25, -0.2) is 0 Å². The highest BCUT2D eigenvalue weighted by molar-refractivity contribution is 5.31. The standard InChI is InChI=1S/C26H34/c1-20-7-9-21(10-8-20)19-22-11-13-24(14-12-22)26-17-15-25(16-18-26)23-5-3-2-4-6-23/h7-14,23,25-26H,2-6,15-19H2,1H3. The van der Waals surface area contributed by atoms with Gasteiger partial charge in [0.1, 0.15) is 0 Å². The first-order valence-corrected chi connectivity index (χ1v) is 10.9. The van der Waals surface area contributed by atoms with Crippen LogP contribution < -0.4 is 0 Å². The highest BCUT2D eigenvalue weighted by Crippen LogP contribution is 2.42. The first-order chi connectivity index (χ1) is 12.8. The third-order valence-corrected chi connectivity index (χ3v) is 7.07. The molecule has 138 valence electrons. The van der Waals surface area contributed by atoms with Crippen LogP contribution in [0.5, 0.6) is 0 Å². The van der Waals surface area contributed by atoms with Crippen molar-refractivity contribution in [3.8, 4) is 0 Å². The Morgan fingerprint density at radius 2 is 1.15 bits per heavy atom. The molecule has 0 atom stereocenters. The molecule has 2 aromatic carbocycles. The third-order valence-electron chi connectivity index (χ3n) is 7.07. The summed E-state index contributed by atoms with van der Waals surface area (Å²) in [6, 6.07) is 18.5. The van der Waals surface area contributed by atoms with Crippen LogP contribution in [0.3, 0.4) is 0 Å². The van der Waals surface area contributed by atoms with Crippen molar-refractivity contribution in [3.63, 3.8) is 0 Å². The molecule has 2 aromatic rings. The van der Waals surface area contributed by atoms with Crippen molar-refractivity contribution in [1.29, 1.82) is 0 Å². The molecule has 0 heteroatoms. The van der Waals surface area contributed by atoms with Gasteiger partial charge in [0.2, 0.25) is 0 Å². The third kappa shape index (κ3) is 4.40. The van der Waals surface area contributed by atoms with E-state index in [4.69, 9.17) is 0 Å². The Bertz CT molecular complexity index is 665. The van der Waals surface area contributed by atoms with Crippen molar-refractivity contribution in [2.75, 3.05) is 0 Å². The van der Waals surface area contributed by atoms with Crippen molar-refractivity contribution >= 4 is 0 Å². The summed E-state index contributed by atoms with van der Waals surface area (Å²) in [5.41, 5.74) is 5.78. The fraction of sp³-hybridized carbons (Fsp3) is 0.538. The Kier molecular flexibility index (Phi) is 5.78. The molecule has 0 unspecified atom stereocenters. The van der Waals surface area contributed by atoms with Crippen LogP contribution in [-0.2, 0) is 6.42 Å². The van der Waals surface area contributed by atoms with Crippen LogP contribution in [0, 0.1) is 18.8 Å². The maximum atomic E-state index is 2.41. The summed E-state index contributed by atoms with van der Waals surface area (Å²) in [6.07, 6.45) is 14.3. The van der Waals surface area contributed by atoms with Gasteiger partial charge in [0.25, 0.3) is 0 Å². The number of hydrogen-bond donors (Lipinski definition) is 0. The Labute approximate surface area is 160 Å². The first-order valence-electron chi connectivity index (χ1n) is 10.9.